The van der Waals surface area contributed by atoms with E-state index in [2.05, 4.69) is 4.72 Å². The maximum absolute atomic E-state index is 11.9. The van der Waals surface area contributed by atoms with Crippen LogP contribution in [0.2, 0.25) is 0 Å². The maximum Gasteiger partial charge on any atom is 0.240 e. The quantitative estimate of drug-likeness (QED) is 0.751. The Morgan fingerprint density at radius 3 is 2.65 bits per heavy atom. The van der Waals surface area contributed by atoms with E-state index in [0.29, 0.717) is 5.56 Å². The number of nitrogens with one attached hydrogen (secondary N) is 1. The molecule has 1 aromatic rings. The van der Waals surface area contributed by atoms with E-state index in [1.54, 1.807) is 19.1 Å². The smallest absolute Gasteiger partial charge is 0.240 e. The summed E-state index contributed by atoms with van der Waals surface area (Å²) in [5.41, 5.74) is 5.72. The summed E-state index contributed by atoms with van der Waals surface area (Å²) in [6, 6.07) is 5.57. The topological polar surface area (TPSA) is 89.3 Å². The molecule has 1 aromatic carbocycles. The molecule has 0 amide bonds. The Bertz CT molecular complexity index is 511. The Hall–Kier alpha value is -1.24. The van der Waals surface area contributed by atoms with Gasteiger partial charge in [0.05, 0.1) is 4.90 Å². The van der Waals surface area contributed by atoms with Gasteiger partial charge in [0.25, 0.3) is 0 Å². The molecule has 0 aromatic heterocycles. The van der Waals surface area contributed by atoms with Gasteiger partial charge in [-0.3, -0.25) is 4.79 Å². The van der Waals surface area contributed by atoms with Crippen LogP contribution in [0.15, 0.2) is 29.2 Å². The van der Waals surface area contributed by atoms with Crippen LogP contribution >= 0.6 is 0 Å². The first-order valence-electron chi connectivity index (χ1n) is 5.20. The molecule has 0 radical (unpaired) electrons. The van der Waals surface area contributed by atoms with Crippen molar-refractivity contribution in [3.8, 4) is 0 Å². The highest BCUT2D eigenvalue weighted by Crippen LogP contribution is 2.12. The first-order valence-corrected chi connectivity index (χ1v) is 6.68. The average Bonchev–Trinajstić information content (AvgIpc) is 2.28. The van der Waals surface area contributed by atoms with Crippen molar-refractivity contribution in [3.05, 3.63) is 29.8 Å². The number of rotatable bonds is 5. The van der Waals surface area contributed by atoms with E-state index in [-0.39, 0.29) is 23.3 Å². The SMILES string of the molecule is CC(=O)c1cccc(S(=O)(=O)NC(C)CN)c1. The van der Waals surface area contributed by atoms with Gasteiger partial charge in [-0.25, -0.2) is 13.1 Å². The van der Waals surface area contributed by atoms with Gasteiger partial charge in [0.1, 0.15) is 0 Å². The van der Waals surface area contributed by atoms with Crippen molar-refractivity contribution < 1.29 is 13.2 Å². The molecule has 1 rings (SSSR count). The highest BCUT2D eigenvalue weighted by molar-refractivity contribution is 7.89. The zero-order valence-corrected chi connectivity index (χ0v) is 10.6. The first-order chi connectivity index (χ1) is 7.86. The molecule has 0 heterocycles. The lowest BCUT2D eigenvalue weighted by atomic mass is 10.2. The fraction of sp³-hybridized carbons (Fsp3) is 0.364. The number of carbonyl (C=O) groups is 1. The predicted molar refractivity (Wildman–Crippen MR) is 65.3 cm³/mol. The van der Waals surface area contributed by atoms with Crippen molar-refractivity contribution in [2.75, 3.05) is 6.54 Å². The number of benzene rings is 1. The van der Waals surface area contributed by atoms with Gasteiger partial charge in [-0.15, -0.1) is 0 Å². The molecule has 0 aliphatic carbocycles. The zero-order valence-electron chi connectivity index (χ0n) is 9.80. The van der Waals surface area contributed by atoms with Gasteiger partial charge in [0, 0.05) is 18.2 Å². The fourth-order valence-corrected chi connectivity index (χ4v) is 2.57. The predicted octanol–water partition coefficient (Wildman–Crippen LogP) is 0.515. The van der Waals surface area contributed by atoms with E-state index in [4.69, 9.17) is 5.73 Å². The summed E-state index contributed by atoms with van der Waals surface area (Å²) in [5, 5.41) is 0. The monoisotopic (exact) mass is 256 g/mol. The van der Waals surface area contributed by atoms with Gasteiger partial charge in [-0.05, 0) is 26.0 Å². The molecule has 94 valence electrons. The number of hydrogen-bond donors (Lipinski definition) is 2. The van der Waals surface area contributed by atoms with Crippen LogP contribution in [0.25, 0.3) is 0 Å². The average molecular weight is 256 g/mol. The van der Waals surface area contributed by atoms with Crippen molar-refractivity contribution in [2.45, 2.75) is 24.8 Å². The molecule has 1 unspecified atom stereocenters. The van der Waals surface area contributed by atoms with Crippen LogP contribution in [0.4, 0.5) is 0 Å². The van der Waals surface area contributed by atoms with E-state index in [1.807, 2.05) is 0 Å². The number of hydrogen-bond acceptors (Lipinski definition) is 4. The normalized spacial score (nSPS) is 13.4. The number of Topliss-reactive ketones (excluding diaryl/α,β-unsaturated/α-hetero) is 1. The van der Waals surface area contributed by atoms with Crippen LogP contribution in [-0.4, -0.2) is 26.8 Å². The van der Waals surface area contributed by atoms with E-state index in [1.165, 1.54) is 19.1 Å². The minimum Gasteiger partial charge on any atom is -0.329 e. The molecule has 0 spiro atoms. The van der Waals surface area contributed by atoms with Crippen molar-refractivity contribution in [2.24, 2.45) is 5.73 Å². The number of sulfonamides is 1. The lowest BCUT2D eigenvalue weighted by Gasteiger charge is -2.12. The molecule has 6 heteroatoms. The summed E-state index contributed by atoms with van der Waals surface area (Å²) in [6.07, 6.45) is 0. The fourth-order valence-electron chi connectivity index (χ4n) is 1.26. The summed E-state index contributed by atoms with van der Waals surface area (Å²) in [7, 11) is -3.61. The Balaban J connectivity index is 3.07. The second-order valence-corrected chi connectivity index (χ2v) is 5.56. The number of ketones is 1. The Kier molecular flexibility index (Phi) is 4.39. The van der Waals surface area contributed by atoms with Gasteiger partial charge in [0.2, 0.25) is 10.0 Å². The summed E-state index contributed by atoms with van der Waals surface area (Å²) >= 11 is 0. The van der Waals surface area contributed by atoms with E-state index in [0.717, 1.165) is 0 Å². The molecule has 17 heavy (non-hydrogen) atoms. The van der Waals surface area contributed by atoms with E-state index < -0.39 is 10.0 Å². The lowest BCUT2D eigenvalue weighted by Crippen LogP contribution is -2.37. The van der Waals surface area contributed by atoms with Crippen LogP contribution in [-0.2, 0) is 10.0 Å². The molecular formula is C11H16N2O3S. The van der Waals surface area contributed by atoms with Gasteiger partial charge in [0.15, 0.2) is 5.78 Å². The van der Waals surface area contributed by atoms with Gasteiger partial charge in [-0.1, -0.05) is 12.1 Å². The van der Waals surface area contributed by atoms with Crippen molar-refractivity contribution >= 4 is 15.8 Å². The summed E-state index contributed by atoms with van der Waals surface area (Å²) in [4.78, 5) is 11.2. The highest BCUT2D eigenvalue weighted by atomic mass is 32.2. The van der Waals surface area contributed by atoms with Crippen LogP contribution < -0.4 is 10.5 Å². The van der Waals surface area contributed by atoms with Crippen molar-refractivity contribution in [1.82, 2.24) is 4.72 Å². The molecule has 0 aliphatic heterocycles. The summed E-state index contributed by atoms with van der Waals surface area (Å²) in [5.74, 6) is -0.172. The Morgan fingerprint density at radius 1 is 1.47 bits per heavy atom. The molecule has 0 saturated heterocycles. The minimum atomic E-state index is -3.61. The molecule has 0 aliphatic rings. The summed E-state index contributed by atoms with van der Waals surface area (Å²) < 4.78 is 26.2. The van der Waals surface area contributed by atoms with Gasteiger partial charge in [-0.2, -0.15) is 0 Å². The molecule has 1 atom stereocenters. The van der Waals surface area contributed by atoms with Gasteiger partial charge < -0.3 is 5.73 Å². The molecule has 5 nitrogen and oxygen atoms in total. The van der Waals surface area contributed by atoms with E-state index in [9.17, 15) is 13.2 Å². The third-order valence-electron chi connectivity index (χ3n) is 2.26. The molecule has 0 saturated carbocycles. The Labute approximate surface area is 101 Å². The highest BCUT2D eigenvalue weighted by Gasteiger charge is 2.17. The van der Waals surface area contributed by atoms with Gasteiger partial charge >= 0.3 is 0 Å². The largest absolute Gasteiger partial charge is 0.329 e. The molecule has 3 N–H and O–H groups in total. The third kappa shape index (κ3) is 3.62. The van der Waals surface area contributed by atoms with Crippen LogP contribution in [0.5, 0.6) is 0 Å². The second-order valence-electron chi connectivity index (χ2n) is 3.84. The lowest BCUT2D eigenvalue weighted by molar-refractivity contribution is 0.101. The summed E-state index contributed by atoms with van der Waals surface area (Å²) in [6.45, 7) is 3.28. The molecule has 0 bridgehead atoms. The van der Waals surface area contributed by atoms with Crippen molar-refractivity contribution in [3.63, 3.8) is 0 Å². The zero-order chi connectivity index (χ0) is 13.1. The first kappa shape index (κ1) is 13.8. The van der Waals surface area contributed by atoms with Crippen molar-refractivity contribution in [1.29, 1.82) is 0 Å². The van der Waals surface area contributed by atoms with Crippen LogP contribution in [0.1, 0.15) is 24.2 Å². The second kappa shape index (κ2) is 5.39. The van der Waals surface area contributed by atoms with E-state index >= 15 is 0 Å². The standard InChI is InChI=1S/C11H16N2O3S/c1-8(7-12)13-17(15,16)11-5-3-4-10(6-11)9(2)14/h3-6,8,13H,7,12H2,1-2H3. The molecule has 0 fully saturated rings. The number of carbonyl (C=O) groups excluding carboxylic acids is 1. The van der Waals surface area contributed by atoms with Crippen LogP contribution in [0, 0.1) is 0 Å². The minimum absolute atomic E-state index is 0.0745. The maximum atomic E-state index is 11.9. The van der Waals surface area contributed by atoms with Crippen LogP contribution in [0.3, 0.4) is 0 Å². The Morgan fingerprint density at radius 2 is 2.12 bits per heavy atom. The number of nitrogens with two attached hydrogens (primary N) is 1. The third-order valence-corrected chi connectivity index (χ3v) is 3.85. The molecular weight excluding hydrogens is 240 g/mol.